The van der Waals surface area contributed by atoms with Crippen LogP contribution in [0.1, 0.15) is 13.3 Å². The molecule has 45 valence electrons. The lowest BCUT2D eigenvalue weighted by Crippen LogP contribution is -1.98. The summed E-state index contributed by atoms with van der Waals surface area (Å²) >= 11 is 4.62. The highest BCUT2D eigenvalue weighted by Crippen LogP contribution is 1.89. The number of carbonyl (C=O) groups is 1. The second-order valence-electron chi connectivity index (χ2n) is 1.45. The van der Waals surface area contributed by atoms with Gasteiger partial charge in [-0.05, 0) is 18.2 Å². The summed E-state index contributed by atoms with van der Waals surface area (Å²) in [5.41, 5.74) is 0. The van der Waals surface area contributed by atoms with Gasteiger partial charge in [-0.3, -0.25) is 4.79 Å². The molecule has 1 radical (unpaired) electrons. The van der Waals surface area contributed by atoms with Crippen LogP contribution >= 0.6 is 12.2 Å². The summed E-state index contributed by atoms with van der Waals surface area (Å²) in [5, 5.41) is 8.05. The number of carboxylic acid groups (broad SMARTS) is 1. The van der Waals surface area contributed by atoms with E-state index in [9.17, 15) is 4.79 Å². The van der Waals surface area contributed by atoms with Crippen molar-refractivity contribution in [3.05, 3.63) is 6.42 Å². The fourth-order valence-electron chi connectivity index (χ4n) is 0.231. The molecule has 0 aliphatic carbocycles. The summed E-state index contributed by atoms with van der Waals surface area (Å²) < 4.78 is 0. The van der Waals surface area contributed by atoms with Gasteiger partial charge in [-0.15, -0.1) is 0 Å². The summed E-state index contributed by atoms with van der Waals surface area (Å²) in [6.07, 6.45) is 1.53. The SMILES string of the molecule is CC(=S)C[CH]C(=O)O. The maximum atomic E-state index is 9.79. The van der Waals surface area contributed by atoms with E-state index in [0.29, 0.717) is 11.3 Å². The minimum atomic E-state index is -0.908. The van der Waals surface area contributed by atoms with E-state index in [1.807, 2.05) is 0 Å². The first-order chi connectivity index (χ1) is 3.63. The van der Waals surface area contributed by atoms with Crippen molar-refractivity contribution in [2.45, 2.75) is 13.3 Å². The zero-order chi connectivity index (χ0) is 6.57. The van der Waals surface area contributed by atoms with Gasteiger partial charge in [0, 0.05) is 0 Å². The molecule has 0 amide bonds. The molecular weight excluding hydrogens is 124 g/mol. The summed E-state index contributed by atoms with van der Waals surface area (Å²) in [6, 6.07) is 0. The van der Waals surface area contributed by atoms with Crippen molar-refractivity contribution in [1.29, 1.82) is 0 Å². The third-order valence-corrected chi connectivity index (χ3v) is 0.731. The predicted molar refractivity (Wildman–Crippen MR) is 34.8 cm³/mol. The van der Waals surface area contributed by atoms with Gasteiger partial charge in [-0.1, -0.05) is 12.2 Å². The normalized spacial score (nSPS) is 8.62. The number of thiocarbonyl (C=S) groups is 1. The first-order valence-electron chi connectivity index (χ1n) is 2.18. The van der Waals surface area contributed by atoms with Gasteiger partial charge < -0.3 is 5.11 Å². The van der Waals surface area contributed by atoms with E-state index < -0.39 is 5.97 Å². The van der Waals surface area contributed by atoms with Crippen molar-refractivity contribution in [3.8, 4) is 0 Å². The fourth-order valence-corrected chi connectivity index (χ4v) is 0.314. The standard InChI is InChI=1S/C5H7O2S/c1-4(8)2-3-5(6)7/h3H,2H2,1H3,(H,6,7). The van der Waals surface area contributed by atoms with Crippen molar-refractivity contribution >= 4 is 23.1 Å². The lowest BCUT2D eigenvalue weighted by atomic mass is 10.2. The highest BCUT2D eigenvalue weighted by molar-refractivity contribution is 7.80. The van der Waals surface area contributed by atoms with Crippen LogP contribution in [0.4, 0.5) is 0 Å². The van der Waals surface area contributed by atoms with Gasteiger partial charge in [-0.25, -0.2) is 0 Å². The summed E-state index contributed by atoms with van der Waals surface area (Å²) in [4.78, 5) is 10.5. The Hall–Kier alpha value is -0.440. The largest absolute Gasteiger partial charge is 0.481 e. The topological polar surface area (TPSA) is 37.3 Å². The van der Waals surface area contributed by atoms with Crippen LogP contribution in [0.3, 0.4) is 0 Å². The third-order valence-electron chi connectivity index (χ3n) is 0.564. The highest BCUT2D eigenvalue weighted by atomic mass is 32.1. The van der Waals surface area contributed by atoms with Crippen LogP contribution in [-0.4, -0.2) is 15.9 Å². The average Bonchev–Trinajstić information content (AvgIpc) is 1.61. The van der Waals surface area contributed by atoms with Gasteiger partial charge in [0.15, 0.2) is 0 Å². The molecule has 0 saturated heterocycles. The number of aliphatic carboxylic acids is 1. The zero-order valence-electron chi connectivity index (χ0n) is 4.55. The molecule has 0 aliphatic heterocycles. The van der Waals surface area contributed by atoms with Gasteiger partial charge in [0.2, 0.25) is 0 Å². The molecule has 0 aliphatic rings. The van der Waals surface area contributed by atoms with Gasteiger partial charge >= 0.3 is 5.97 Å². The zero-order valence-corrected chi connectivity index (χ0v) is 5.36. The molecule has 0 bridgehead atoms. The molecule has 1 N–H and O–H groups in total. The smallest absolute Gasteiger partial charge is 0.307 e. The molecule has 2 nitrogen and oxygen atoms in total. The number of carboxylic acids is 1. The van der Waals surface area contributed by atoms with Crippen molar-refractivity contribution in [3.63, 3.8) is 0 Å². The Morgan fingerprint density at radius 2 is 2.38 bits per heavy atom. The summed E-state index contributed by atoms with van der Waals surface area (Å²) in [5.74, 6) is -0.908. The van der Waals surface area contributed by atoms with Crippen LogP contribution in [0.25, 0.3) is 0 Å². The lowest BCUT2D eigenvalue weighted by molar-refractivity contribution is -0.133. The van der Waals surface area contributed by atoms with Crippen LogP contribution in [-0.2, 0) is 4.79 Å². The van der Waals surface area contributed by atoms with Crippen LogP contribution in [0.5, 0.6) is 0 Å². The molecule has 8 heavy (non-hydrogen) atoms. The summed E-state index contributed by atoms with van der Waals surface area (Å²) in [7, 11) is 0. The molecule has 0 rings (SSSR count). The van der Waals surface area contributed by atoms with Crippen molar-refractivity contribution in [1.82, 2.24) is 0 Å². The minimum Gasteiger partial charge on any atom is -0.481 e. The second kappa shape index (κ2) is 3.55. The molecule has 0 saturated carbocycles. The second-order valence-corrected chi connectivity index (χ2v) is 2.15. The summed E-state index contributed by atoms with van der Waals surface area (Å²) in [6.45, 7) is 1.72. The Morgan fingerprint density at radius 3 is 2.50 bits per heavy atom. The van der Waals surface area contributed by atoms with E-state index in [4.69, 9.17) is 5.11 Å². The van der Waals surface area contributed by atoms with Crippen LogP contribution in [0, 0.1) is 6.42 Å². The molecular formula is C5H7O2S. The van der Waals surface area contributed by atoms with Crippen molar-refractivity contribution in [2.75, 3.05) is 0 Å². The van der Waals surface area contributed by atoms with Crippen LogP contribution < -0.4 is 0 Å². The first kappa shape index (κ1) is 7.56. The molecule has 0 aromatic carbocycles. The lowest BCUT2D eigenvalue weighted by Gasteiger charge is -1.88. The predicted octanol–water partition coefficient (Wildman–Crippen LogP) is 1.06. The maximum Gasteiger partial charge on any atom is 0.307 e. The van der Waals surface area contributed by atoms with E-state index in [1.165, 1.54) is 0 Å². The average molecular weight is 131 g/mol. The molecule has 0 fully saturated rings. The molecule has 0 aromatic rings. The molecule has 0 spiro atoms. The Morgan fingerprint density at radius 1 is 1.88 bits per heavy atom. The van der Waals surface area contributed by atoms with Gasteiger partial charge in [-0.2, -0.15) is 0 Å². The number of rotatable bonds is 3. The van der Waals surface area contributed by atoms with E-state index in [1.54, 1.807) is 6.92 Å². The Kier molecular flexibility index (Phi) is 3.35. The Bertz CT molecular complexity index is 95.0. The maximum absolute atomic E-state index is 9.79. The molecule has 0 aromatic heterocycles. The van der Waals surface area contributed by atoms with Crippen molar-refractivity contribution in [2.24, 2.45) is 0 Å². The molecule has 0 heterocycles. The Balaban J connectivity index is 3.18. The van der Waals surface area contributed by atoms with Crippen molar-refractivity contribution < 1.29 is 9.90 Å². The minimum absolute atomic E-state index is 0.394. The van der Waals surface area contributed by atoms with Gasteiger partial charge in [0.25, 0.3) is 0 Å². The Labute approximate surface area is 53.5 Å². The first-order valence-corrected chi connectivity index (χ1v) is 2.59. The van der Waals surface area contributed by atoms with Crippen LogP contribution in [0.2, 0.25) is 0 Å². The fraction of sp³-hybridized carbons (Fsp3) is 0.400. The van der Waals surface area contributed by atoms with E-state index in [2.05, 4.69) is 12.2 Å². The van der Waals surface area contributed by atoms with E-state index in [-0.39, 0.29) is 0 Å². The monoisotopic (exact) mass is 131 g/mol. The quantitative estimate of drug-likeness (QED) is 0.582. The molecule has 0 unspecified atom stereocenters. The van der Waals surface area contributed by atoms with Crippen LogP contribution in [0.15, 0.2) is 0 Å². The number of hydrogen-bond acceptors (Lipinski definition) is 2. The van der Waals surface area contributed by atoms with E-state index >= 15 is 0 Å². The number of hydrogen-bond donors (Lipinski definition) is 1. The third kappa shape index (κ3) is 5.56. The molecule has 3 heteroatoms. The van der Waals surface area contributed by atoms with Gasteiger partial charge in [0.1, 0.15) is 0 Å². The van der Waals surface area contributed by atoms with E-state index in [0.717, 1.165) is 6.42 Å². The highest BCUT2D eigenvalue weighted by Gasteiger charge is 1.95. The van der Waals surface area contributed by atoms with Gasteiger partial charge in [0.05, 0.1) is 6.42 Å². The molecule has 0 atom stereocenters.